The van der Waals surface area contributed by atoms with Gasteiger partial charge in [-0.05, 0) is 50.7 Å². The fraction of sp³-hybridized carbons (Fsp3) is 0.621. The maximum absolute atomic E-state index is 13.9. The Morgan fingerprint density at radius 2 is 1.80 bits per heavy atom. The van der Waals surface area contributed by atoms with Crippen molar-refractivity contribution in [3.05, 3.63) is 41.6 Å². The average molecular weight is 582 g/mol. The normalized spacial score (nSPS) is 20.6. The summed E-state index contributed by atoms with van der Waals surface area (Å²) in [5.41, 5.74) is -0.682. The first-order valence-electron chi connectivity index (χ1n) is 14.4. The number of hydrogen-bond acceptors (Lipinski definition) is 4. The summed E-state index contributed by atoms with van der Waals surface area (Å²) in [6.07, 6.45) is 1.58. The Kier molecular flexibility index (Phi) is 8.68. The Labute approximate surface area is 235 Å². The Morgan fingerprint density at radius 3 is 2.44 bits per heavy atom. The van der Waals surface area contributed by atoms with Gasteiger partial charge in [0.15, 0.2) is 5.69 Å². The number of amides is 2. The Bertz CT molecular complexity index is 1240. The summed E-state index contributed by atoms with van der Waals surface area (Å²) in [5, 5.41) is 10.3. The first kappa shape index (κ1) is 29.5. The predicted octanol–water partition coefficient (Wildman–Crippen LogP) is 5.57. The third-order valence-electron chi connectivity index (χ3n) is 8.43. The largest absolute Gasteiger partial charge is 0.417 e. The summed E-state index contributed by atoms with van der Waals surface area (Å²) >= 11 is 0. The number of carbonyl (C=O) groups excluding carboxylic acids is 2. The molecule has 0 radical (unpaired) electrons. The zero-order valence-corrected chi connectivity index (χ0v) is 22.9. The number of alkyl halides is 5. The first-order valence-corrected chi connectivity index (χ1v) is 14.4. The molecule has 224 valence electrons. The Hall–Kier alpha value is -3.02. The summed E-state index contributed by atoms with van der Waals surface area (Å²) in [7, 11) is 0. The number of benzene rings is 1. The lowest BCUT2D eigenvalue weighted by molar-refractivity contribution is -0.137. The molecule has 2 saturated carbocycles. The van der Waals surface area contributed by atoms with E-state index in [1.54, 1.807) is 4.90 Å². The van der Waals surface area contributed by atoms with Crippen LogP contribution in [0, 0.1) is 0 Å². The molecule has 3 fully saturated rings. The zero-order valence-electron chi connectivity index (χ0n) is 22.9. The topological polar surface area (TPSA) is 79.3 Å². The van der Waals surface area contributed by atoms with E-state index in [-0.39, 0.29) is 73.8 Å². The molecule has 3 aliphatic rings. The van der Waals surface area contributed by atoms with Gasteiger partial charge in [0.25, 0.3) is 11.8 Å². The number of likely N-dealkylation sites (tertiary alicyclic amines) is 1. The van der Waals surface area contributed by atoms with Crippen LogP contribution in [0.15, 0.2) is 30.3 Å². The molecule has 2 aliphatic carbocycles. The van der Waals surface area contributed by atoms with Crippen molar-refractivity contribution in [1.82, 2.24) is 25.3 Å². The highest BCUT2D eigenvalue weighted by Gasteiger charge is 2.38. The number of nitrogens with one attached hydrogen (secondary N) is 2. The van der Waals surface area contributed by atoms with Crippen molar-refractivity contribution in [2.45, 2.75) is 94.4 Å². The van der Waals surface area contributed by atoms with Crippen LogP contribution in [0.25, 0.3) is 11.3 Å². The van der Waals surface area contributed by atoms with Crippen LogP contribution < -0.4 is 10.6 Å². The van der Waals surface area contributed by atoms with E-state index in [1.807, 2.05) is 0 Å². The number of carbonyl (C=O) groups is 2. The molecule has 0 spiro atoms. The minimum atomic E-state index is -4.59. The number of aromatic nitrogens is 2. The summed E-state index contributed by atoms with van der Waals surface area (Å²) in [4.78, 5) is 27.8. The smallest absolute Gasteiger partial charge is 0.353 e. The van der Waals surface area contributed by atoms with Crippen LogP contribution in [0.2, 0.25) is 0 Å². The minimum Gasteiger partial charge on any atom is -0.353 e. The molecule has 1 saturated heterocycles. The molecule has 2 amide bonds. The van der Waals surface area contributed by atoms with Crippen LogP contribution in [-0.4, -0.2) is 64.1 Å². The summed E-state index contributed by atoms with van der Waals surface area (Å²) in [6, 6.07) is 5.94. The molecule has 2 N–H and O–H groups in total. The van der Waals surface area contributed by atoms with Gasteiger partial charge < -0.3 is 10.6 Å². The summed E-state index contributed by atoms with van der Waals surface area (Å²) in [5.74, 6) is -3.60. The molecule has 1 atom stereocenters. The lowest BCUT2D eigenvalue weighted by atomic mass is 9.93. The van der Waals surface area contributed by atoms with Gasteiger partial charge in [-0.15, -0.1) is 0 Å². The average Bonchev–Trinajstić information content (AvgIpc) is 3.64. The van der Waals surface area contributed by atoms with Gasteiger partial charge in [-0.2, -0.15) is 18.3 Å². The molecule has 5 rings (SSSR count). The van der Waals surface area contributed by atoms with Gasteiger partial charge in [-0.25, -0.2) is 8.78 Å². The third kappa shape index (κ3) is 7.25. The minimum absolute atomic E-state index is 0.0282. The van der Waals surface area contributed by atoms with E-state index in [9.17, 15) is 31.5 Å². The van der Waals surface area contributed by atoms with E-state index >= 15 is 0 Å². The molecule has 0 bridgehead atoms. The number of halogens is 5. The molecular formula is C29H36F5N5O2. The molecule has 2 heterocycles. The van der Waals surface area contributed by atoms with Gasteiger partial charge in [-0.3, -0.25) is 19.2 Å². The van der Waals surface area contributed by atoms with Crippen molar-refractivity contribution >= 4 is 11.8 Å². The van der Waals surface area contributed by atoms with Gasteiger partial charge in [-0.1, -0.05) is 31.0 Å². The molecule has 41 heavy (non-hydrogen) atoms. The van der Waals surface area contributed by atoms with Gasteiger partial charge >= 0.3 is 6.18 Å². The standard InChI is InChI=1S/C29H36F5N5O2/c30-28(31)13-15-38(18-28)14-12-20(16-26(40)35-19-6-5-7-19)36-27(41)24-17-25(39(37-24)21-8-1-2-9-21)22-10-3-4-11-23(22)29(32,33)34/h3-4,10-11,17,19-21H,1-2,5-9,12-16,18H2,(H,35,40)(H,36,41)/t20-/m0/s1. The summed E-state index contributed by atoms with van der Waals surface area (Å²) < 4.78 is 70.6. The van der Waals surface area contributed by atoms with E-state index < -0.39 is 29.6 Å². The van der Waals surface area contributed by atoms with Crippen molar-refractivity contribution in [2.24, 2.45) is 0 Å². The van der Waals surface area contributed by atoms with Crippen molar-refractivity contribution < 1.29 is 31.5 Å². The van der Waals surface area contributed by atoms with Crippen LogP contribution in [0.4, 0.5) is 22.0 Å². The first-order chi connectivity index (χ1) is 19.5. The van der Waals surface area contributed by atoms with E-state index in [0.717, 1.165) is 51.0 Å². The lowest BCUT2D eigenvalue weighted by Crippen LogP contribution is -2.45. The Morgan fingerprint density at radius 1 is 1.07 bits per heavy atom. The maximum Gasteiger partial charge on any atom is 0.417 e. The molecule has 1 aliphatic heterocycles. The van der Waals surface area contributed by atoms with Crippen molar-refractivity contribution in [3.63, 3.8) is 0 Å². The van der Waals surface area contributed by atoms with E-state index in [0.29, 0.717) is 0 Å². The number of hydrogen-bond donors (Lipinski definition) is 2. The highest BCUT2D eigenvalue weighted by atomic mass is 19.4. The van der Waals surface area contributed by atoms with Gasteiger partial charge in [0, 0.05) is 43.6 Å². The molecule has 1 aromatic carbocycles. The van der Waals surface area contributed by atoms with Gasteiger partial charge in [0.1, 0.15) is 0 Å². The lowest BCUT2D eigenvalue weighted by Gasteiger charge is -2.28. The van der Waals surface area contributed by atoms with Crippen LogP contribution in [0.3, 0.4) is 0 Å². The number of nitrogens with zero attached hydrogens (tertiary/aromatic N) is 3. The molecule has 7 nitrogen and oxygen atoms in total. The van der Waals surface area contributed by atoms with E-state index in [1.165, 1.54) is 28.9 Å². The second kappa shape index (κ2) is 12.1. The van der Waals surface area contributed by atoms with Crippen LogP contribution >= 0.6 is 0 Å². The Balaban J connectivity index is 1.37. The molecular weight excluding hydrogens is 545 g/mol. The monoisotopic (exact) mass is 581 g/mol. The molecule has 2 aromatic rings. The highest BCUT2D eigenvalue weighted by Crippen LogP contribution is 2.40. The van der Waals surface area contributed by atoms with Crippen LogP contribution in [0.1, 0.15) is 86.3 Å². The van der Waals surface area contributed by atoms with Gasteiger partial charge in [0.05, 0.1) is 23.8 Å². The maximum atomic E-state index is 13.9. The highest BCUT2D eigenvalue weighted by molar-refractivity contribution is 5.94. The quantitative estimate of drug-likeness (QED) is 0.360. The van der Waals surface area contributed by atoms with E-state index in [4.69, 9.17) is 0 Å². The van der Waals surface area contributed by atoms with Crippen LogP contribution in [0.5, 0.6) is 0 Å². The fourth-order valence-electron chi connectivity index (χ4n) is 5.97. The molecule has 1 aromatic heterocycles. The third-order valence-corrected chi connectivity index (χ3v) is 8.43. The zero-order chi connectivity index (χ0) is 29.2. The second-order valence-electron chi connectivity index (χ2n) is 11.6. The second-order valence-corrected chi connectivity index (χ2v) is 11.6. The summed E-state index contributed by atoms with van der Waals surface area (Å²) in [6.45, 7) is 0.142. The van der Waals surface area contributed by atoms with Gasteiger partial charge in [0.2, 0.25) is 5.91 Å². The van der Waals surface area contributed by atoms with Crippen molar-refractivity contribution in [1.29, 1.82) is 0 Å². The predicted molar refractivity (Wildman–Crippen MR) is 142 cm³/mol. The molecule has 12 heteroatoms. The SMILES string of the molecule is O=C(C[C@H](CCN1CCC(F)(F)C1)NC(=O)c1cc(-c2ccccc2C(F)(F)F)n(C2CCCC2)n1)NC1CCC1. The van der Waals surface area contributed by atoms with E-state index in [2.05, 4.69) is 15.7 Å². The molecule has 0 unspecified atom stereocenters. The van der Waals surface area contributed by atoms with Crippen molar-refractivity contribution in [3.8, 4) is 11.3 Å². The number of rotatable bonds is 10. The fourth-order valence-corrected chi connectivity index (χ4v) is 5.97. The van der Waals surface area contributed by atoms with Crippen LogP contribution in [-0.2, 0) is 11.0 Å². The van der Waals surface area contributed by atoms with Crippen molar-refractivity contribution in [2.75, 3.05) is 19.6 Å².